The van der Waals surface area contributed by atoms with Gasteiger partial charge in [-0.2, -0.15) is 11.8 Å². The highest BCUT2D eigenvalue weighted by Gasteiger charge is 2.08. The average molecular weight is 236 g/mol. The van der Waals surface area contributed by atoms with E-state index >= 15 is 0 Å². The highest BCUT2D eigenvalue weighted by Crippen LogP contribution is 2.23. The van der Waals surface area contributed by atoms with Gasteiger partial charge in [-0.15, -0.1) is 0 Å². The van der Waals surface area contributed by atoms with E-state index in [1.807, 2.05) is 11.8 Å². The fourth-order valence-electron chi connectivity index (χ4n) is 1.58. The number of rotatable bonds is 6. The Morgan fingerprint density at radius 3 is 2.81 bits per heavy atom. The minimum Gasteiger partial charge on any atom is -0.388 e. The van der Waals surface area contributed by atoms with Crippen LogP contribution in [0.5, 0.6) is 0 Å². The molecule has 0 spiro atoms. The second-order valence-corrected chi connectivity index (χ2v) is 5.35. The van der Waals surface area contributed by atoms with E-state index in [2.05, 4.69) is 38.1 Å². The van der Waals surface area contributed by atoms with Gasteiger partial charge in [0.05, 0.1) is 5.84 Å². The molecule has 16 heavy (non-hydrogen) atoms. The van der Waals surface area contributed by atoms with Crippen LogP contribution in [0.15, 0.2) is 24.3 Å². The van der Waals surface area contributed by atoms with Gasteiger partial charge in [0, 0.05) is 17.4 Å². The molecule has 0 aliphatic carbocycles. The van der Waals surface area contributed by atoms with Gasteiger partial charge in [0.15, 0.2) is 0 Å². The minimum atomic E-state index is 0.295. The summed E-state index contributed by atoms with van der Waals surface area (Å²) in [5.74, 6) is 1.30. The van der Waals surface area contributed by atoms with Gasteiger partial charge in [-0.05, 0) is 18.9 Å². The molecule has 2 nitrogen and oxygen atoms in total. The van der Waals surface area contributed by atoms with E-state index in [4.69, 9.17) is 11.1 Å². The van der Waals surface area contributed by atoms with Crippen molar-refractivity contribution in [2.45, 2.75) is 37.7 Å². The summed E-state index contributed by atoms with van der Waals surface area (Å²) < 4.78 is 0. The highest BCUT2D eigenvalue weighted by atomic mass is 32.2. The van der Waals surface area contributed by atoms with Crippen LogP contribution in [-0.4, -0.2) is 11.1 Å². The van der Waals surface area contributed by atoms with Crippen LogP contribution in [0, 0.1) is 12.3 Å². The molecule has 0 heterocycles. The van der Waals surface area contributed by atoms with E-state index in [1.54, 1.807) is 0 Å². The van der Waals surface area contributed by atoms with Crippen molar-refractivity contribution < 1.29 is 0 Å². The molecule has 1 aromatic rings. The number of hydrogen-bond donors (Lipinski definition) is 2. The van der Waals surface area contributed by atoms with Crippen LogP contribution in [-0.2, 0) is 5.75 Å². The molecule has 1 unspecified atom stereocenters. The summed E-state index contributed by atoms with van der Waals surface area (Å²) in [6.45, 7) is 4.26. The van der Waals surface area contributed by atoms with Crippen LogP contribution in [0.4, 0.5) is 0 Å². The SMILES string of the molecule is CCC(CC(=N)N)SCc1cccc(C)c1. The second-order valence-electron chi connectivity index (χ2n) is 4.06. The van der Waals surface area contributed by atoms with Gasteiger partial charge in [0.2, 0.25) is 0 Å². The smallest absolute Gasteiger partial charge is 0.0916 e. The summed E-state index contributed by atoms with van der Waals surface area (Å²) in [4.78, 5) is 0. The predicted molar refractivity (Wildman–Crippen MR) is 73.1 cm³/mol. The van der Waals surface area contributed by atoms with E-state index in [9.17, 15) is 0 Å². The van der Waals surface area contributed by atoms with Crippen LogP contribution < -0.4 is 5.73 Å². The molecular weight excluding hydrogens is 216 g/mol. The summed E-state index contributed by atoms with van der Waals surface area (Å²) in [5.41, 5.74) is 8.09. The Balaban J connectivity index is 2.46. The first-order valence-electron chi connectivity index (χ1n) is 5.62. The molecular formula is C13H20N2S. The molecule has 0 saturated carbocycles. The Morgan fingerprint density at radius 1 is 1.50 bits per heavy atom. The summed E-state index contributed by atoms with van der Waals surface area (Å²) in [7, 11) is 0. The van der Waals surface area contributed by atoms with Crippen LogP contribution in [0.25, 0.3) is 0 Å². The van der Waals surface area contributed by atoms with Gasteiger partial charge in [-0.3, -0.25) is 5.41 Å². The fourth-order valence-corrected chi connectivity index (χ4v) is 2.72. The monoisotopic (exact) mass is 236 g/mol. The number of thioether (sulfide) groups is 1. The third-order valence-electron chi connectivity index (χ3n) is 2.47. The first-order valence-corrected chi connectivity index (χ1v) is 6.66. The zero-order valence-corrected chi connectivity index (χ0v) is 10.8. The molecule has 1 aromatic carbocycles. The predicted octanol–water partition coefficient (Wildman–Crippen LogP) is 3.33. The quantitative estimate of drug-likeness (QED) is 0.588. The van der Waals surface area contributed by atoms with E-state index in [0.29, 0.717) is 17.5 Å². The average Bonchev–Trinajstić information content (AvgIpc) is 2.24. The topological polar surface area (TPSA) is 49.9 Å². The van der Waals surface area contributed by atoms with Gasteiger partial charge in [-0.25, -0.2) is 0 Å². The van der Waals surface area contributed by atoms with Crippen molar-refractivity contribution in [2.24, 2.45) is 5.73 Å². The van der Waals surface area contributed by atoms with Crippen LogP contribution >= 0.6 is 11.8 Å². The molecule has 1 rings (SSSR count). The zero-order chi connectivity index (χ0) is 12.0. The van der Waals surface area contributed by atoms with Gasteiger partial charge in [0.1, 0.15) is 0 Å². The van der Waals surface area contributed by atoms with Gasteiger partial charge >= 0.3 is 0 Å². The molecule has 0 aromatic heterocycles. The second kappa shape index (κ2) is 6.59. The Labute approximate surface area is 102 Å². The van der Waals surface area contributed by atoms with Gasteiger partial charge < -0.3 is 5.73 Å². The van der Waals surface area contributed by atoms with E-state index in [0.717, 1.165) is 12.2 Å². The van der Waals surface area contributed by atoms with Crippen molar-refractivity contribution in [1.82, 2.24) is 0 Å². The normalized spacial score (nSPS) is 12.4. The van der Waals surface area contributed by atoms with Crippen molar-refractivity contribution >= 4 is 17.6 Å². The van der Waals surface area contributed by atoms with E-state index < -0.39 is 0 Å². The lowest BCUT2D eigenvalue weighted by molar-refractivity contribution is 0.848. The Bertz CT molecular complexity index is 350. The van der Waals surface area contributed by atoms with Crippen molar-refractivity contribution in [2.75, 3.05) is 0 Å². The maximum absolute atomic E-state index is 7.31. The van der Waals surface area contributed by atoms with Crippen molar-refractivity contribution in [1.29, 1.82) is 5.41 Å². The number of nitrogens with one attached hydrogen (secondary N) is 1. The molecule has 0 bridgehead atoms. The number of benzene rings is 1. The largest absolute Gasteiger partial charge is 0.388 e. The van der Waals surface area contributed by atoms with Crippen LogP contribution in [0.2, 0.25) is 0 Å². The Morgan fingerprint density at radius 2 is 2.25 bits per heavy atom. The molecule has 0 aliphatic rings. The lowest BCUT2D eigenvalue weighted by Crippen LogP contribution is -2.16. The molecule has 3 heteroatoms. The van der Waals surface area contributed by atoms with E-state index in [-0.39, 0.29) is 0 Å². The Kier molecular flexibility index (Phi) is 5.39. The first-order chi connectivity index (χ1) is 7.61. The van der Waals surface area contributed by atoms with Gasteiger partial charge in [-0.1, -0.05) is 36.8 Å². The molecule has 0 aliphatic heterocycles. The van der Waals surface area contributed by atoms with Crippen LogP contribution in [0.3, 0.4) is 0 Å². The molecule has 0 saturated heterocycles. The molecule has 1 atom stereocenters. The van der Waals surface area contributed by atoms with Crippen molar-refractivity contribution in [3.8, 4) is 0 Å². The summed E-state index contributed by atoms with van der Waals surface area (Å²) in [6.07, 6.45) is 1.77. The first kappa shape index (κ1) is 13.1. The van der Waals surface area contributed by atoms with Crippen molar-refractivity contribution in [3.05, 3.63) is 35.4 Å². The molecule has 0 amide bonds. The van der Waals surface area contributed by atoms with Crippen LogP contribution in [0.1, 0.15) is 30.9 Å². The summed E-state index contributed by atoms with van der Waals surface area (Å²) >= 11 is 1.89. The van der Waals surface area contributed by atoms with E-state index in [1.165, 1.54) is 11.1 Å². The number of nitrogens with two attached hydrogens (primary N) is 1. The summed E-state index contributed by atoms with van der Waals surface area (Å²) in [5, 5.41) is 7.78. The minimum absolute atomic E-state index is 0.295. The standard InChI is InChI=1S/C13H20N2S/c1-3-12(8-13(14)15)16-9-11-6-4-5-10(2)7-11/h4-7,12H,3,8-9H2,1-2H3,(H3,14,15). The molecule has 3 N–H and O–H groups in total. The van der Waals surface area contributed by atoms with Gasteiger partial charge in [0.25, 0.3) is 0 Å². The molecule has 88 valence electrons. The number of amidine groups is 1. The van der Waals surface area contributed by atoms with Crippen molar-refractivity contribution in [3.63, 3.8) is 0 Å². The maximum Gasteiger partial charge on any atom is 0.0916 e. The fraction of sp³-hybridized carbons (Fsp3) is 0.462. The lowest BCUT2D eigenvalue weighted by Gasteiger charge is -2.13. The number of hydrogen-bond acceptors (Lipinski definition) is 2. The summed E-state index contributed by atoms with van der Waals surface area (Å²) in [6, 6.07) is 8.58. The third-order valence-corrected chi connectivity index (χ3v) is 3.94. The lowest BCUT2D eigenvalue weighted by atomic mass is 10.2. The Hall–Kier alpha value is -0.960. The molecule has 0 radical (unpaired) electrons. The zero-order valence-electron chi connectivity index (χ0n) is 9.99. The third kappa shape index (κ3) is 4.71. The number of aryl methyl sites for hydroxylation is 1. The maximum atomic E-state index is 7.31. The molecule has 0 fully saturated rings. The highest BCUT2D eigenvalue weighted by molar-refractivity contribution is 7.99.